The van der Waals surface area contributed by atoms with Crippen molar-refractivity contribution in [2.75, 3.05) is 21.0 Å². The number of ether oxygens (including phenoxy) is 4. The summed E-state index contributed by atoms with van der Waals surface area (Å²) >= 11 is 0. The molecule has 1 aromatic carbocycles. The summed E-state index contributed by atoms with van der Waals surface area (Å²) in [5.41, 5.74) is 0.991. The van der Waals surface area contributed by atoms with Crippen LogP contribution in [-0.4, -0.2) is 27.3 Å². The van der Waals surface area contributed by atoms with Gasteiger partial charge in [-0.2, -0.15) is 5.26 Å². The van der Waals surface area contributed by atoms with Crippen LogP contribution in [0.3, 0.4) is 0 Å². The molecule has 5 heteroatoms. The van der Waals surface area contributed by atoms with Crippen LogP contribution in [0.5, 0.6) is 11.5 Å². The first-order valence-corrected chi connectivity index (χ1v) is 5.62. The summed E-state index contributed by atoms with van der Waals surface area (Å²) < 4.78 is 20.8. The summed E-state index contributed by atoms with van der Waals surface area (Å²) in [6.07, 6.45) is 0.0138. The molecule has 0 N–H and O–H groups in total. The van der Waals surface area contributed by atoms with E-state index in [0.717, 1.165) is 17.1 Å². The molecule has 0 aromatic heterocycles. The molecule has 0 fully saturated rings. The van der Waals surface area contributed by atoms with E-state index in [2.05, 4.69) is 6.07 Å². The summed E-state index contributed by atoms with van der Waals surface area (Å²) in [6, 6.07) is 7.85. The van der Waals surface area contributed by atoms with Gasteiger partial charge in [-0.1, -0.05) is 6.07 Å². The molecule has 1 aliphatic rings. The van der Waals surface area contributed by atoms with Crippen molar-refractivity contribution in [3.05, 3.63) is 23.8 Å². The molecule has 0 radical (unpaired) electrons. The average molecular weight is 249 g/mol. The predicted octanol–water partition coefficient (Wildman–Crippen LogP) is 1.72. The fourth-order valence-electron chi connectivity index (χ4n) is 1.95. The van der Waals surface area contributed by atoms with E-state index in [0.29, 0.717) is 6.42 Å². The first-order valence-electron chi connectivity index (χ1n) is 5.62. The lowest BCUT2D eigenvalue weighted by Gasteiger charge is -2.18. The van der Waals surface area contributed by atoms with Crippen molar-refractivity contribution in [2.45, 2.75) is 12.7 Å². The minimum atomic E-state index is -0.527. The van der Waals surface area contributed by atoms with E-state index in [-0.39, 0.29) is 12.7 Å². The van der Waals surface area contributed by atoms with E-state index in [1.807, 2.05) is 18.2 Å². The number of nitrogens with zero attached hydrogens (tertiary/aromatic N) is 1. The third-order valence-corrected chi connectivity index (χ3v) is 2.85. The topological polar surface area (TPSA) is 60.7 Å². The maximum absolute atomic E-state index is 9.15. The lowest BCUT2D eigenvalue weighted by Crippen LogP contribution is -2.25. The van der Waals surface area contributed by atoms with Gasteiger partial charge in [-0.25, -0.2) is 0 Å². The molecule has 0 spiro atoms. The van der Waals surface area contributed by atoms with Crippen LogP contribution in [0, 0.1) is 17.2 Å². The van der Waals surface area contributed by atoms with Gasteiger partial charge in [0.05, 0.1) is 6.07 Å². The molecule has 0 amide bonds. The molecule has 1 atom stereocenters. The van der Waals surface area contributed by atoms with Crippen LogP contribution in [0.25, 0.3) is 0 Å². The molecule has 1 heterocycles. The van der Waals surface area contributed by atoms with E-state index >= 15 is 0 Å². The first kappa shape index (κ1) is 12.7. The van der Waals surface area contributed by atoms with Crippen LogP contribution < -0.4 is 9.47 Å². The Bertz CT molecular complexity index is 451. The Kier molecular flexibility index (Phi) is 4.03. The summed E-state index contributed by atoms with van der Waals surface area (Å²) in [7, 11) is 3.05. The minimum Gasteiger partial charge on any atom is -0.454 e. The predicted molar refractivity (Wildman–Crippen MR) is 63.2 cm³/mol. The Labute approximate surface area is 106 Å². The van der Waals surface area contributed by atoms with E-state index in [1.54, 1.807) is 0 Å². The maximum Gasteiger partial charge on any atom is 0.231 e. The molecule has 1 aromatic rings. The fourth-order valence-corrected chi connectivity index (χ4v) is 1.95. The maximum atomic E-state index is 9.15. The summed E-state index contributed by atoms with van der Waals surface area (Å²) in [4.78, 5) is 0. The Morgan fingerprint density at radius 3 is 2.67 bits per heavy atom. The largest absolute Gasteiger partial charge is 0.454 e. The number of rotatable bonds is 5. The highest BCUT2D eigenvalue weighted by Crippen LogP contribution is 2.33. The zero-order valence-electron chi connectivity index (χ0n) is 10.4. The van der Waals surface area contributed by atoms with Gasteiger partial charge in [0.15, 0.2) is 17.8 Å². The Morgan fingerprint density at radius 1 is 1.28 bits per heavy atom. The molecule has 96 valence electrons. The van der Waals surface area contributed by atoms with Crippen molar-refractivity contribution >= 4 is 0 Å². The average Bonchev–Trinajstić information content (AvgIpc) is 2.86. The number of hydrogen-bond donors (Lipinski definition) is 0. The highest BCUT2D eigenvalue weighted by molar-refractivity contribution is 5.44. The van der Waals surface area contributed by atoms with Gasteiger partial charge in [0, 0.05) is 14.2 Å². The number of benzene rings is 1. The summed E-state index contributed by atoms with van der Waals surface area (Å²) in [5, 5.41) is 9.15. The molecule has 0 saturated carbocycles. The molecular formula is C13H15NO4. The summed E-state index contributed by atoms with van der Waals surface area (Å²) in [6.45, 7) is 0.249. The molecule has 18 heavy (non-hydrogen) atoms. The second kappa shape index (κ2) is 5.71. The van der Waals surface area contributed by atoms with Gasteiger partial charge in [-0.05, 0) is 24.1 Å². The first-order chi connectivity index (χ1) is 8.78. The van der Waals surface area contributed by atoms with Gasteiger partial charge in [0.25, 0.3) is 0 Å². The zero-order valence-corrected chi connectivity index (χ0v) is 10.4. The van der Waals surface area contributed by atoms with Crippen LogP contribution in [-0.2, 0) is 15.9 Å². The lowest BCUT2D eigenvalue weighted by atomic mass is 9.99. The van der Waals surface area contributed by atoms with Crippen molar-refractivity contribution in [3.63, 3.8) is 0 Å². The van der Waals surface area contributed by atoms with Gasteiger partial charge in [0.1, 0.15) is 5.92 Å². The van der Waals surface area contributed by atoms with Crippen molar-refractivity contribution in [3.8, 4) is 17.6 Å². The molecule has 1 aliphatic heterocycles. The zero-order chi connectivity index (χ0) is 13.0. The normalized spacial score (nSPS) is 14.6. The number of hydrogen-bond acceptors (Lipinski definition) is 5. The quantitative estimate of drug-likeness (QED) is 0.743. The standard InChI is InChI=1S/C13H15NO4/c1-15-13(16-2)10(7-14)5-9-3-4-11-12(6-9)18-8-17-11/h3-4,6,10,13H,5,8H2,1-2H3. The molecule has 5 nitrogen and oxygen atoms in total. The van der Waals surface area contributed by atoms with Crippen LogP contribution >= 0.6 is 0 Å². The van der Waals surface area contributed by atoms with E-state index in [4.69, 9.17) is 24.2 Å². The second-order valence-corrected chi connectivity index (χ2v) is 3.97. The van der Waals surface area contributed by atoms with Gasteiger partial charge >= 0.3 is 0 Å². The molecule has 0 bridgehead atoms. The van der Waals surface area contributed by atoms with Crippen LogP contribution in [0.15, 0.2) is 18.2 Å². The third-order valence-electron chi connectivity index (χ3n) is 2.85. The number of methoxy groups -OCH3 is 2. The smallest absolute Gasteiger partial charge is 0.231 e. The Morgan fingerprint density at radius 2 is 2.00 bits per heavy atom. The van der Waals surface area contributed by atoms with E-state index < -0.39 is 6.29 Å². The van der Waals surface area contributed by atoms with Crippen molar-refractivity contribution in [1.29, 1.82) is 5.26 Å². The number of fused-ring (bicyclic) bond motifs is 1. The monoisotopic (exact) mass is 249 g/mol. The molecular weight excluding hydrogens is 234 g/mol. The van der Waals surface area contributed by atoms with Crippen LogP contribution in [0.2, 0.25) is 0 Å². The molecule has 0 aliphatic carbocycles. The van der Waals surface area contributed by atoms with E-state index in [9.17, 15) is 0 Å². The lowest BCUT2D eigenvalue weighted by molar-refractivity contribution is -0.124. The Balaban J connectivity index is 2.10. The Hall–Kier alpha value is -1.77. The van der Waals surface area contributed by atoms with Crippen molar-refractivity contribution in [1.82, 2.24) is 0 Å². The summed E-state index contributed by atoms with van der Waals surface area (Å²) in [5.74, 6) is 1.10. The SMILES string of the molecule is COC(OC)C(C#N)Cc1ccc2c(c1)OCO2. The van der Waals surface area contributed by atoms with Crippen molar-refractivity contribution < 1.29 is 18.9 Å². The van der Waals surface area contributed by atoms with Gasteiger partial charge < -0.3 is 18.9 Å². The fraction of sp³-hybridized carbons (Fsp3) is 0.462. The second-order valence-electron chi connectivity index (χ2n) is 3.97. The third kappa shape index (κ3) is 2.55. The van der Waals surface area contributed by atoms with Crippen molar-refractivity contribution in [2.24, 2.45) is 5.92 Å². The highest BCUT2D eigenvalue weighted by atomic mass is 16.7. The van der Waals surface area contributed by atoms with Crippen LogP contribution in [0.4, 0.5) is 0 Å². The number of nitriles is 1. The molecule has 0 saturated heterocycles. The molecule has 2 rings (SSSR count). The molecule has 1 unspecified atom stereocenters. The highest BCUT2D eigenvalue weighted by Gasteiger charge is 2.22. The van der Waals surface area contributed by atoms with Gasteiger partial charge in [-0.3, -0.25) is 0 Å². The van der Waals surface area contributed by atoms with Gasteiger partial charge in [0.2, 0.25) is 6.79 Å². The van der Waals surface area contributed by atoms with Crippen LogP contribution in [0.1, 0.15) is 5.56 Å². The van der Waals surface area contributed by atoms with E-state index in [1.165, 1.54) is 14.2 Å². The minimum absolute atomic E-state index is 0.249. The van der Waals surface area contributed by atoms with Gasteiger partial charge in [-0.15, -0.1) is 0 Å².